The molecule has 0 unspecified atom stereocenters. The maximum absolute atomic E-state index is 12.2. The van der Waals surface area contributed by atoms with E-state index in [9.17, 15) is 4.79 Å². The number of aryl methyl sites for hydroxylation is 1. The van der Waals surface area contributed by atoms with Crippen molar-refractivity contribution in [2.75, 3.05) is 7.05 Å². The Kier molecular flexibility index (Phi) is 6.15. The third-order valence-electron chi connectivity index (χ3n) is 3.11. The van der Waals surface area contributed by atoms with Gasteiger partial charge in [-0.3, -0.25) is 9.36 Å². The van der Waals surface area contributed by atoms with Gasteiger partial charge in [-0.1, -0.05) is 39.8 Å². The normalized spacial score (nSPS) is 12.1. The number of rotatable bonds is 0. The van der Waals surface area contributed by atoms with Gasteiger partial charge < -0.3 is 4.90 Å². The SMILES string of the molecule is CC.CC.Cc1cnc2n1-c1ccccc1C(=O)N(C)C2. The number of carbonyl (C=O) groups excluding carboxylic acids is 1. The average molecular weight is 287 g/mol. The van der Waals surface area contributed by atoms with Crippen molar-refractivity contribution in [3.63, 3.8) is 0 Å². The summed E-state index contributed by atoms with van der Waals surface area (Å²) in [7, 11) is 1.80. The van der Waals surface area contributed by atoms with Gasteiger partial charge in [-0.25, -0.2) is 4.98 Å². The fourth-order valence-electron chi connectivity index (χ4n) is 2.27. The first kappa shape index (κ1) is 17.0. The lowest BCUT2D eigenvalue weighted by atomic mass is 10.1. The molecule has 0 aliphatic carbocycles. The predicted octanol–water partition coefficient (Wildman–Crippen LogP) is 3.82. The highest BCUT2D eigenvalue weighted by Crippen LogP contribution is 2.24. The smallest absolute Gasteiger partial charge is 0.256 e. The van der Waals surface area contributed by atoms with Gasteiger partial charge in [0.15, 0.2) is 0 Å². The first-order valence-corrected chi connectivity index (χ1v) is 7.56. The molecule has 0 saturated carbocycles. The van der Waals surface area contributed by atoms with Crippen molar-refractivity contribution >= 4 is 5.91 Å². The molecular weight excluding hydrogens is 262 g/mol. The second-order valence-corrected chi connectivity index (χ2v) is 4.33. The Morgan fingerprint density at radius 3 is 2.38 bits per heavy atom. The van der Waals surface area contributed by atoms with Gasteiger partial charge in [-0.15, -0.1) is 0 Å². The number of hydrogen-bond acceptors (Lipinski definition) is 2. The first-order valence-electron chi connectivity index (χ1n) is 7.56. The maximum Gasteiger partial charge on any atom is 0.256 e. The van der Waals surface area contributed by atoms with Crippen molar-refractivity contribution in [1.82, 2.24) is 14.5 Å². The largest absolute Gasteiger partial charge is 0.334 e. The molecule has 1 amide bonds. The van der Waals surface area contributed by atoms with Crippen LogP contribution in [0.3, 0.4) is 0 Å². The molecule has 4 heteroatoms. The lowest BCUT2D eigenvalue weighted by molar-refractivity contribution is 0.0786. The monoisotopic (exact) mass is 287 g/mol. The lowest BCUT2D eigenvalue weighted by Crippen LogP contribution is -2.25. The summed E-state index contributed by atoms with van der Waals surface area (Å²) in [6.07, 6.45) is 1.84. The molecule has 0 fully saturated rings. The minimum atomic E-state index is 0.0468. The van der Waals surface area contributed by atoms with Gasteiger partial charge in [-0.2, -0.15) is 0 Å². The molecule has 1 aromatic heterocycles. The molecular formula is C17H25N3O. The Labute approximate surface area is 127 Å². The van der Waals surface area contributed by atoms with Crippen molar-refractivity contribution in [3.05, 3.63) is 47.5 Å². The van der Waals surface area contributed by atoms with Crippen LogP contribution in [0.4, 0.5) is 0 Å². The van der Waals surface area contributed by atoms with E-state index in [1.165, 1.54) is 0 Å². The maximum atomic E-state index is 12.2. The van der Waals surface area contributed by atoms with Gasteiger partial charge in [0.05, 0.1) is 17.8 Å². The van der Waals surface area contributed by atoms with Crippen molar-refractivity contribution in [2.45, 2.75) is 41.2 Å². The van der Waals surface area contributed by atoms with Crippen LogP contribution in [0.2, 0.25) is 0 Å². The molecule has 0 spiro atoms. The van der Waals surface area contributed by atoms with Crippen molar-refractivity contribution < 1.29 is 4.79 Å². The molecule has 0 N–H and O–H groups in total. The molecule has 21 heavy (non-hydrogen) atoms. The number of imidazole rings is 1. The number of para-hydroxylation sites is 1. The van der Waals surface area contributed by atoms with Crippen LogP contribution in [0, 0.1) is 6.92 Å². The van der Waals surface area contributed by atoms with E-state index in [4.69, 9.17) is 0 Å². The lowest BCUT2D eigenvalue weighted by Gasteiger charge is -2.12. The third kappa shape index (κ3) is 3.15. The van der Waals surface area contributed by atoms with Gasteiger partial charge in [0.25, 0.3) is 5.91 Å². The fraction of sp³-hybridized carbons (Fsp3) is 0.412. The highest BCUT2D eigenvalue weighted by molar-refractivity contribution is 5.98. The number of aromatic nitrogens is 2. The summed E-state index contributed by atoms with van der Waals surface area (Å²) in [5.74, 6) is 0.953. The summed E-state index contributed by atoms with van der Waals surface area (Å²) < 4.78 is 2.05. The van der Waals surface area contributed by atoms with E-state index >= 15 is 0 Å². The van der Waals surface area contributed by atoms with E-state index in [-0.39, 0.29) is 5.91 Å². The van der Waals surface area contributed by atoms with Crippen molar-refractivity contribution in [1.29, 1.82) is 0 Å². The standard InChI is InChI=1S/C13H13N3O.2C2H6/c1-9-7-14-12-8-15(2)13(17)10-5-3-4-6-11(10)16(9)12;2*1-2/h3-7H,8H2,1-2H3;2*1-2H3. The highest BCUT2D eigenvalue weighted by atomic mass is 16.2. The molecule has 0 saturated heterocycles. The second-order valence-electron chi connectivity index (χ2n) is 4.33. The molecule has 1 aliphatic rings. The Morgan fingerprint density at radius 1 is 1.10 bits per heavy atom. The molecule has 0 atom stereocenters. The van der Waals surface area contributed by atoms with Crippen molar-refractivity contribution in [2.24, 2.45) is 0 Å². The second kappa shape index (κ2) is 7.62. The molecule has 0 radical (unpaired) electrons. The summed E-state index contributed by atoms with van der Waals surface area (Å²) in [6, 6.07) is 7.66. The van der Waals surface area contributed by atoms with Crippen LogP contribution < -0.4 is 0 Å². The third-order valence-corrected chi connectivity index (χ3v) is 3.11. The average Bonchev–Trinajstić information content (AvgIpc) is 2.86. The van der Waals surface area contributed by atoms with E-state index in [2.05, 4.69) is 9.55 Å². The Hall–Kier alpha value is -2.10. The zero-order chi connectivity index (χ0) is 16.0. The van der Waals surface area contributed by atoms with Gasteiger partial charge in [0.1, 0.15) is 5.82 Å². The molecule has 2 aromatic rings. The highest BCUT2D eigenvalue weighted by Gasteiger charge is 2.24. The first-order chi connectivity index (χ1) is 10.2. The zero-order valence-electron chi connectivity index (χ0n) is 13.8. The summed E-state index contributed by atoms with van der Waals surface area (Å²) in [4.78, 5) is 18.3. The summed E-state index contributed by atoms with van der Waals surface area (Å²) in [5, 5.41) is 0. The van der Waals surface area contributed by atoms with Crippen LogP contribution >= 0.6 is 0 Å². The van der Waals surface area contributed by atoms with Crippen LogP contribution in [-0.4, -0.2) is 27.4 Å². The van der Waals surface area contributed by atoms with Crippen LogP contribution in [0.15, 0.2) is 30.5 Å². The predicted molar refractivity (Wildman–Crippen MR) is 86.8 cm³/mol. The Balaban J connectivity index is 0.000000510. The molecule has 0 bridgehead atoms. The van der Waals surface area contributed by atoms with Crippen LogP contribution in [0.5, 0.6) is 0 Å². The Morgan fingerprint density at radius 2 is 1.71 bits per heavy atom. The number of carbonyl (C=O) groups is 1. The topological polar surface area (TPSA) is 38.1 Å². The molecule has 3 rings (SSSR count). The number of nitrogens with zero attached hydrogens (tertiary/aromatic N) is 3. The van der Waals surface area contributed by atoms with E-state index in [1.807, 2.05) is 65.1 Å². The van der Waals surface area contributed by atoms with E-state index < -0.39 is 0 Å². The summed E-state index contributed by atoms with van der Waals surface area (Å²) in [5.41, 5.74) is 2.71. The fourth-order valence-corrected chi connectivity index (χ4v) is 2.27. The van der Waals surface area contributed by atoms with Crippen LogP contribution in [-0.2, 0) is 6.54 Å². The van der Waals surface area contributed by atoms with Crippen molar-refractivity contribution in [3.8, 4) is 5.69 Å². The van der Waals surface area contributed by atoms with Gasteiger partial charge in [0, 0.05) is 18.9 Å². The van der Waals surface area contributed by atoms with E-state index in [1.54, 1.807) is 11.9 Å². The van der Waals surface area contributed by atoms with E-state index in [0.717, 1.165) is 22.8 Å². The number of benzene rings is 1. The van der Waals surface area contributed by atoms with Crippen LogP contribution in [0.1, 0.15) is 49.6 Å². The number of fused-ring (bicyclic) bond motifs is 3. The van der Waals surface area contributed by atoms with Gasteiger partial charge >= 0.3 is 0 Å². The summed E-state index contributed by atoms with van der Waals surface area (Å²) in [6.45, 7) is 10.5. The molecule has 2 heterocycles. The number of hydrogen-bond donors (Lipinski definition) is 0. The van der Waals surface area contributed by atoms with Crippen LogP contribution in [0.25, 0.3) is 5.69 Å². The van der Waals surface area contributed by atoms with E-state index in [0.29, 0.717) is 6.54 Å². The minimum Gasteiger partial charge on any atom is -0.334 e. The summed E-state index contributed by atoms with van der Waals surface area (Å²) >= 11 is 0. The molecule has 4 nitrogen and oxygen atoms in total. The number of amides is 1. The molecule has 1 aliphatic heterocycles. The van der Waals surface area contributed by atoms with Gasteiger partial charge in [-0.05, 0) is 19.1 Å². The minimum absolute atomic E-state index is 0.0468. The molecule has 114 valence electrons. The molecule has 1 aromatic carbocycles. The Bertz CT molecular complexity index is 602. The zero-order valence-corrected chi connectivity index (χ0v) is 13.8. The quantitative estimate of drug-likeness (QED) is 0.739. The van der Waals surface area contributed by atoms with Gasteiger partial charge in [0.2, 0.25) is 0 Å².